The van der Waals surface area contributed by atoms with Crippen molar-refractivity contribution in [3.63, 3.8) is 0 Å². The average molecular weight is 234 g/mol. The van der Waals surface area contributed by atoms with Gasteiger partial charge < -0.3 is 5.11 Å². The van der Waals surface area contributed by atoms with Crippen LogP contribution in [0, 0.1) is 0 Å². The smallest absolute Gasteiger partial charge is 0.106 e. The van der Waals surface area contributed by atoms with E-state index in [0.29, 0.717) is 5.69 Å². The van der Waals surface area contributed by atoms with Crippen LogP contribution in [0.15, 0.2) is 54.7 Å². The van der Waals surface area contributed by atoms with E-state index in [0.717, 1.165) is 5.56 Å². The Balaban J connectivity index is 2.20. The van der Waals surface area contributed by atoms with Gasteiger partial charge >= 0.3 is 0 Å². The van der Waals surface area contributed by atoms with E-state index in [4.69, 9.17) is 11.6 Å². The maximum absolute atomic E-state index is 10.1. The van der Waals surface area contributed by atoms with Crippen molar-refractivity contribution >= 4 is 11.6 Å². The Labute approximate surface area is 99.5 Å². The van der Waals surface area contributed by atoms with E-state index in [2.05, 4.69) is 4.98 Å². The summed E-state index contributed by atoms with van der Waals surface area (Å²) in [6.45, 7) is 0. The van der Waals surface area contributed by atoms with Gasteiger partial charge in [-0.2, -0.15) is 0 Å². The number of aromatic nitrogens is 1. The number of alkyl halides is 1. The summed E-state index contributed by atoms with van der Waals surface area (Å²) >= 11 is 6.18. The molecule has 16 heavy (non-hydrogen) atoms. The van der Waals surface area contributed by atoms with Crippen LogP contribution in [-0.2, 0) is 0 Å². The minimum Gasteiger partial charge on any atom is -0.386 e. The van der Waals surface area contributed by atoms with Gasteiger partial charge in [0.05, 0.1) is 5.69 Å². The Kier molecular flexibility index (Phi) is 3.54. The first kappa shape index (κ1) is 11.1. The predicted octanol–water partition coefficient (Wildman–Crippen LogP) is 3.10. The van der Waals surface area contributed by atoms with Crippen LogP contribution in [0.4, 0.5) is 0 Å². The third kappa shape index (κ3) is 2.40. The summed E-state index contributed by atoms with van der Waals surface area (Å²) in [6.07, 6.45) is 0.931. The van der Waals surface area contributed by atoms with E-state index in [1.165, 1.54) is 0 Å². The molecule has 1 heterocycles. The van der Waals surface area contributed by atoms with Gasteiger partial charge in [0.25, 0.3) is 0 Å². The number of halogens is 1. The van der Waals surface area contributed by atoms with E-state index in [1.807, 2.05) is 48.5 Å². The van der Waals surface area contributed by atoms with E-state index < -0.39 is 11.5 Å². The van der Waals surface area contributed by atoms with Gasteiger partial charge in [-0.25, -0.2) is 0 Å². The zero-order chi connectivity index (χ0) is 11.4. The van der Waals surface area contributed by atoms with Crippen molar-refractivity contribution in [1.82, 2.24) is 4.98 Å². The SMILES string of the molecule is OC(c1ccccc1)C(Cl)c1ccccn1. The minimum absolute atomic E-state index is 0.524. The zero-order valence-electron chi connectivity index (χ0n) is 8.62. The Morgan fingerprint density at radius 2 is 1.69 bits per heavy atom. The first-order valence-electron chi connectivity index (χ1n) is 5.07. The molecule has 2 atom stereocenters. The maximum Gasteiger partial charge on any atom is 0.106 e. The van der Waals surface area contributed by atoms with Gasteiger partial charge in [-0.05, 0) is 17.7 Å². The fourth-order valence-corrected chi connectivity index (χ4v) is 1.79. The third-order valence-corrected chi connectivity index (χ3v) is 2.85. The third-order valence-electron chi connectivity index (χ3n) is 2.39. The Morgan fingerprint density at radius 1 is 1.00 bits per heavy atom. The lowest BCUT2D eigenvalue weighted by molar-refractivity contribution is 0.171. The topological polar surface area (TPSA) is 33.1 Å². The van der Waals surface area contributed by atoms with E-state index >= 15 is 0 Å². The largest absolute Gasteiger partial charge is 0.386 e. The summed E-state index contributed by atoms with van der Waals surface area (Å²) in [7, 11) is 0. The molecule has 2 rings (SSSR count). The molecule has 0 radical (unpaired) electrons. The lowest BCUT2D eigenvalue weighted by atomic mass is 10.0. The molecule has 0 aliphatic rings. The fourth-order valence-electron chi connectivity index (χ4n) is 1.52. The quantitative estimate of drug-likeness (QED) is 0.827. The van der Waals surface area contributed by atoms with Crippen LogP contribution in [0.25, 0.3) is 0 Å². The summed E-state index contributed by atoms with van der Waals surface area (Å²) in [5.41, 5.74) is 1.48. The fraction of sp³-hybridized carbons (Fsp3) is 0.154. The summed E-state index contributed by atoms with van der Waals surface area (Å²) < 4.78 is 0. The monoisotopic (exact) mass is 233 g/mol. The highest BCUT2D eigenvalue weighted by molar-refractivity contribution is 6.21. The molecule has 2 nitrogen and oxygen atoms in total. The number of rotatable bonds is 3. The van der Waals surface area contributed by atoms with E-state index in [-0.39, 0.29) is 0 Å². The number of aliphatic hydroxyl groups is 1. The molecule has 0 aliphatic carbocycles. The maximum atomic E-state index is 10.1. The minimum atomic E-state index is -0.738. The molecular formula is C13H12ClNO. The number of aliphatic hydroxyl groups excluding tert-OH is 1. The van der Waals surface area contributed by atoms with Crippen LogP contribution in [0.3, 0.4) is 0 Å². The molecule has 0 bridgehead atoms. The molecule has 1 aromatic heterocycles. The second-order valence-corrected chi connectivity index (χ2v) is 3.98. The van der Waals surface area contributed by atoms with E-state index in [1.54, 1.807) is 6.20 Å². The van der Waals surface area contributed by atoms with Crippen LogP contribution in [0.1, 0.15) is 22.7 Å². The van der Waals surface area contributed by atoms with Gasteiger partial charge in [0.15, 0.2) is 0 Å². The molecule has 3 heteroatoms. The summed E-state index contributed by atoms with van der Waals surface area (Å²) in [5.74, 6) is 0. The second-order valence-electron chi connectivity index (χ2n) is 3.51. The standard InChI is InChI=1S/C13H12ClNO/c14-12(11-8-4-5-9-15-11)13(16)10-6-2-1-3-7-10/h1-9,12-13,16H. The summed E-state index contributed by atoms with van der Waals surface area (Å²) in [4.78, 5) is 4.13. The molecular weight excluding hydrogens is 222 g/mol. The number of pyridine rings is 1. The van der Waals surface area contributed by atoms with Crippen LogP contribution in [-0.4, -0.2) is 10.1 Å². The van der Waals surface area contributed by atoms with Gasteiger partial charge in [0.2, 0.25) is 0 Å². The molecule has 2 unspecified atom stereocenters. The van der Waals surface area contributed by atoms with Gasteiger partial charge in [-0.3, -0.25) is 4.98 Å². The highest BCUT2D eigenvalue weighted by Crippen LogP contribution is 2.32. The molecule has 0 spiro atoms. The second kappa shape index (κ2) is 5.10. The van der Waals surface area contributed by atoms with Crippen molar-refractivity contribution in [2.75, 3.05) is 0 Å². The molecule has 82 valence electrons. The predicted molar refractivity (Wildman–Crippen MR) is 64.2 cm³/mol. The van der Waals surface area contributed by atoms with Crippen LogP contribution in [0.2, 0.25) is 0 Å². The van der Waals surface area contributed by atoms with Crippen LogP contribution < -0.4 is 0 Å². The molecule has 0 aliphatic heterocycles. The Hall–Kier alpha value is -1.38. The van der Waals surface area contributed by atoms with Crippen molar-refractivity contribution in [1.29, 1.82) is 0 Å². The lowest BCUT2D eigenvalue weighted by Crippen LogP contribution is -2.06. The number of hydrogen-bond donors (Lipinski definition) is 1. The molecule has 1 aromatic carbocycles. The van der Waals surface area contributed by atoms with E-state index in [9.17, 15) is 5.11 Å². The van der Waals surface area contributed by atoms with Crippen molar-refractivity contribution in [2.24, 2.45) is 0 Å². The van der Waals surface area contributed by atoms with Crippen LogP contribution in [0.5, 0.6) is 0 Å². The normalized spacial score (nSPS) is 14.4. The highest BCUT2D eigenvalue weighted by atomic mass is 35.5. The Bertz CT molecular complexity index is 389. The summed E-state index contributed by atoms with van der Waals surface area (Å²) in [5, 5.41) is 9.55. The number of nitrogens with zero attached hydrogens (tertiary/aromatic N) is 1. The van der Waals surface area contributed by atoms with Crippen molar-refractivity contribution in [3.8, 4) is 0 Å². The molecule has 0 saturated carbocycles. The molecule has 0 amide bonds. The Morgan fingerprint density at radius 3 is 2.31 bits per heavy atom. The van der Waals surface area contributed by atoms with Gasteiger partial charge in [0.1, 0.15) is 11.5 Å². The average Bonchev–Trinajstić information content (AvgIpc) is 2.39. The molecule has 0 saturated heterocycles. The van der Waals surface area contributed by atoms with Crippen molar-refractivity contribution in [2.45, 2.75) is 11.5 Å². The van der Waals surface area contributed by atoms with Gasteiger partial charge in [0, 0.05) is 6.20 Å². The first-order chi connectivity index (χ1) is 7.79. The highest BCUT2D eigenvalue weighted by Gasteiger charge is 2.20. The zero-order valence-corrected chi connectivity index (χ0v) is 9.38. The van der Waals surface area contributed by atoms with Crippen molar-refractivity contribution in [3.05, 3.63) is 66.0 Å². The summed E-state index contributed by atoms with van der Waals surface area (Å²) in [6, 6.07) is 14.8. The lowest BCUT2D eigenvalue weighted by Gasteiger charge is -2.16. The number of benzene rings is 1. The van der Waals surface area contributed by atoms with Gasteiger partial charge in [-0.1, -0.05) is 36.4 Å². The first-order valence-corrected chi connectivity index (χ1v) is 5.50. The number of hydrogen-bond acceptors (Lipinski definition) is 2. The van der Waals surface area contributed by atoms with Gasteiger partial charge in [-0.15, -0.1) is 11.6 Å². The molecule has 0 fully saturated rings. The van der Waals surface area contributed by atoms with Crippen molar-refractivity contribution < 1.29 is 5.11 Å². The van der Waals surface area contributed by atoms with Crippen LogP contribution >= 0.6 is 11.6 Å². The molecule has 2 aromatic rings. The molecule has 1 N–H and O–H groups in total.